The number of fused-ring (bicyclic) bond motifs is 1. The highest BCUT2D eigenvalue weighted by molar-refractivity contribution is 5.45. The van der Waals surface area contributed by atoms with Crippen LogP contribution in [0.25, 0.3) is 0 Å². The molecule has 0 unspecified atom stereocenters. The van der Waals surface area contributed by atoms with E-state index in [9.17, 15) is 0 Å². The van der Waals surface area contributed by atoms with E-state index in [1.54, 1.807) is 0 Å². The van der Waals surface area contributed by atoms with Gasteiger partial charge in [-0.15, -0.1) is 0 Å². The molecule has 0 bridgehead atoms. The molecule has 24 heavy (non-hydrogen) atoms. The lowest BCUT2D eigenvalue weighted by molar-refractivity contribution is 0.306. The van der Waals surface area contributed by atoms with Crippen molar-refractivity contribution in [2.45, 2.75) is 71.9 Å². The maximum absolute atomic E-state index is 3.94. The van der Waals surface area contributed by atoms with Gasteiger partial charge >= 0.3 is 0 Å². The molecule has 0 amide bonds. The lowest BCUT2D eigenvalue weighted by atomic mass is 9.73. The first kappa shape index (κ1) is 17.2. The van der Waals surface area contributed by atoms with Crippen molar-refractivity contribution in [3.05, 3.63) is 69.8 Å². The maximum atomic E-state index is 3.94. The zero-order valence-electron chi connectivity index (χ0n) is 16.0. The van der Waals surface area contributed by atoms with Gasteiger partial charge in [-0.2, -0.15) is 0 Å². The molecule has 0 aliphatic heterocycles. The molecule has 1 N–H and O–H groups in total. The van der Waals surface area contributed by atoms with Crippen LogP contribution in [0.1, 0.15) is 72.5 Å². The van der Waals surface area contributed by atoms with Crippen molar-refractivity contribution in [3.63, 3.8) is 0 Å². The van der Waals surface area contributed by atoms with Crippen LogP contribution in [0, 0.1) is 20.8 Å². The summed E-state index contributed by atoms with van der Waals surface area (Å²) in [6.07, 6.45) is 2.39. The third-order valence-corrected chi connectivity index (χ3v) is 5.11. The molecule has 0 aromatic heterocycles. The van der Waals surface area contributed by atoms with Gasteiger partial charge in [0.2, 0.25) is 0 Å². The molecule has 1 heteroatoms. The largest absolute Gasteiger partial charge is 0.305 e. The number of nitrogens with one attached hydrogen (secondary N) is 1. The lowest BCUT2D eigenvalue weighted by Gasteiger charge is -2.40. The standard InChI is InChI=1S/C23H31N/c1-15-8-7-9-18(13-15)20-11-10-19-14-16(2)12-17(3)21(19)22(20)24-23(4,5)6/h7-9,12-14,20,22,24H,10-11H2,1-6H3/t20-,22+/m1/s1. The molecule has 0 radical (unpaired) electrons. The summed E-state index contributed by atoms with van der Waals surface area (Å²) in [5, 5.41) is 3.94. The Labute approximate surface area is 147 Å². The summed E-state index contributed by atoms with van der Waals surface area (Å²) in [7, 11) is 0. The van der Waals surface area contributed by atoms with E-state index in [4.69, 9.17) is 0 Å². The van der Waals surface area contributed by atoms with Crippen LogP contribution >= 0.6 is 0 Å². The van der Waals surface area contributed by atoms with Crippen molar-refractivity contribution in [2.75, 3.05) is 0 Å². The second-order valence-electron chi connectivity index (χ2n) is 8.59. The zero-order valence-corrected chi connectivity index (χ0v) is 16.0. The highest BCUT2D eigenvalue weighted by atomic mass is 15.0. The number of hydrogen-bond donors (Lipinski definition) is 1. The predicted molar refractivity (Wildman–Crippen MR) is 104 cm³/mol. The van der Waals surface area contributed by atoms with Crippen LogP contribution < -0.4 is 5.32 Å². The molecule has 0 fully saturated rings. The Balaban J connectivity index is 2.10. The number of benzene rings is 2. The van der Waals surface area contributed by atoms with Gasteiger partial charge in [0.05, 0.1) is 0 Å². The molecule has 2 aromatic rings. The van der Waals surface area contributed by atoms with Crippen LogP contribution in [-0.4, -0.2) is 5.54 Å². The van der Waals surface area contributed by atoms with Crippen LogP contribution in [0.5, 0.6) is 0 Å². The van der Waals surface area contributed by atoms with Gasteiger partial charge in [0.25, 0.3) is 0 Å². The molecule has 0 spiro atoms. The van der Waals surface area contributed by atoms with Crippen molar-refractivity contribution in [2.24, 2.45) is 0 Å². The zero-order chi connectivity index (χ0) is 17.5. The molecule has 1 aliphatic carbocycles. The van der Waals surface area contributed by atoms with Gasteiger partial charge < -0.3 is 5.32 Å². The second kappa shape index (κ2) is 6.37. The minimum atomic E-state index is 0.0959. The van der Waals surface area contributed by atoms with Crippen LogP contribution in [0.4, 0.5) is 0 Å². The first-order valence-corrected chi connectivity index (χ1v) is 9.19. The topological polar surface area (TPSA) is 12.0 Å². The van der Waals surface area contributed by atoms with Gasteiger partial charge in [-0.05, 0) is 76.6 Å². The molecule has 1 aliphatic rings. The molecular weight excluding hydrogens is 290 g/mol. The average Bonchev–Trinajstić information content (AvgIpc) is 2.45. The van der Waals surface area contributed by atoms with Gasteiger partial charge in [0, 0.05) is 17.5 Å². The van der Waals surface area contributed by atoms with Gasteiger partial charge in [0.1, 0.15) is 0 Å². The second-order valence-corrected chi connectivity index (χ2v) is 8.59. The molecule has 1 nitrogen and oxygen atoms in total. The van der Waals surface area contributed by atoms with Crippen LogP contribution in [0.15, 0.2) is 36.4 Å². The molecule has 2 atom stereocenters. The highest BCUT2D eigenvalue weighted by Gasteiger charge is 2.34. The Morgan fingerprint density at radius 3 is 2.38 bits per heavy atom. The van der Waals surface area contributed by atoms with E-state index in [1.807, 2.05) is 0 Å². The molecule has 128 valence electrons. The van der Waals surface area contributed by atoms with E-state index < -0.39 is 0 Å². The van der Waals surface area contributed by atoms with Crippen molar-refractivity contribution in [1.29, 1.82) is 0 Å². The Bertz CT molecular complexity index is 736. The van der Waals surface area contributed by atoms with E-state index in [0.717, 1.165) is 0 Å². The van der Waals surface area contributed by atoms with Crippen LogP contribution in [0.3, 0.4) is 0 Å². The van der Waals surface area contributed by atoms with Crippen molar-refractivity contribution < 1.29 is 0 Å². The smallest absolute Gasteiger partial charge is 0.0399 e. The van der Waals surface area contributed by atoms with Crippen LogP contribution in [-0.2, 0) is 6.42 Å². The van der Waals surface area contributed by atoms with E-state index in [0.29, 0.717) is 12.0 Å². The van der Waals surface area contributed by atoms with Gasteiger partial charge in [-0.25, -0.2) is 0 Å². The third kappa shape index (κ3) is 3.57. The monoisotopic (exact) mass is 321 g/mol. The summed E-state index contributed by atoms with van der Waals surface area (Å²) in [4.78, 5) is 0. The number of hydrogen-bond acceptors (Lipinski definition) is 1. The minimum Gasteiger partial charge on any atom is -0.305 e. The van der Waals surface area contributed by atoms with Crippen molar-refractivity contribution in [3.8, 4) is 0 Å². The molecule has 0 saturated carbocycles. The SMILES string of the molecule is Cc1cccc([C@H]2CCc3cc(C)cc(C)c3[C@H]2NC(C)(C)C)c1. The average molecular weight is 322 g/mol. The summed E-state index contributed by atoms with van der Waals surface area (Å²) in [5.74, 6) is 0.540. The van der Waals surface area contributed by atoms with Gasteiger partial charge in [-0.3, -0.25) is 0 Å². The summed E-state index contributed by atoms with van der Waals surface area (Å²) >= 11 is 0. The van der Waals surface area contributed by atoms with E-state index in [1.165, 1.54) is 46.2 Å². The minimum absolute atomic E-state index is 0.0959. The van der Waals surface area contributed by atoms with Crippen LogP contribution in [0.2, 0.25) is 0 Å². The molecule has 0 saturated heterocycles. The van der Waals surface area contributed by atoms with Crippen molar-refractivity contribution >= 4 is 0 Å². The fraction of sp³-hybridized carbons (Fsp3) is 0.478. The fourth-order valence-electron chi connectivity index (χ4n) is 4.30. The first-order chi connectivity index (χ1) is 11.2. The fourth-order valence-corrected chi connectivity index (χ4v) is 4.30. The Hall–Kier alpha value is -1.60. The van der Waals surface area contributed by atoms with Gasteiger partial charge in [-0.1, -0.05) is 47.5 Å². The van der Waals surface area contributed by atoms with E-state index in [-0.39, 0.29) is 5.54 Å². The quantitative estimate of drug-likeness (QED) is 0.740. The first-order valence-electron chi connectivity index (χ1n) is 9.19. The lowest BCUT2D eigenvalue weighted by Crippen LogP contribution is -2.43. The van der Waals surface area contributed by atoms with Gasteiger partial charge in [0.15, 0.2) is 0 Å². The summed E-state index contributed by atoms with van der Waals surface area (Å²) in [6.45, 7) is 13.5. The number of rotatable bonds is 2. The predicted octanol–water partition coefficient (Wildman–Crippen LogP) is 5.77. The third-order valence-electron chi connectivity index (χ3n) is 5.11. The molecular formula is C23H31N. The Morgan fingerprint density at radius 2 is 1.71 bits per heavy atom. The summed E-state index contributed by atoms with van der Waals surface area (Å²) < 4.78 is 0. The number of aryl methyl sites for hydroxylation is 4. The summed E-state index contributed by atoms with van der Waals surface area (Å²) in [6, 6.07) is 14.2. The van der Waals surface area contributed by atoms with E-state index >= 15 is 0 Å². The molecule has 2 aromatic carbocycles. The normalized spacial score (nSPS) is 20.8. The Morgan fingerprint density at radius 1 is 0.958 bits per heavy atom. The molecule has 3 rings (SSSR count). The maximum Gasteiger partial charge on any atom is 0.0399 e. The Kier molecular flexibility index (Phi) is 4.57. The van der Waals surface area contributed by atoms with Crippen molar-refractivity contribution in [1.82, 2.24) is 5.32 Å². The highest BCUT2D eigenvalue weighted by Crippen LogP contribution is 2.43. The van der Waals surface area contributed by atoms with E-state index in [2.05, 4.69) is 83.3 Å². The molecule has 0 heterocycles. The summed E-state index contributed by atoms with van der Waals surface area (Å²) in [5.41, 5.74) is 8.82.